The molecule has 2 N–H and O–H groups in total. The van der Waals surface area contributed by atoms with Gasteiger partial charge in [-0.2, -0.15) is 4.31 Å². The molecule has 2 atom stereocenters. The maximum Gasteiger partial charge on any atom is 0.290 e. The Kier molecular flexibility index (Phi) is 9.75. The lowest BCUT2D eigenvalue weighted by Crippen LogP contribution is -2.38. The number of methoxy groups -OCH3 is 1. The van der Waals surface area contributed by atoms with Crippen LogP contribution in [0.15, 0.2) is 111 Å². The highest BCUT2D eigenvalue weighted by molar-refractivity contribution is 7.89. The van der Waals surface area contributed by atoms with E-state index in [-0.39, 0.29) is 42.2 Å². The van der Waals surface area contributed by atoms with E-state index in [1.807, 2.05) is 6.07 Å². The maximum atomic E-state index is 13.4. The van der Waals surface area contributed by atoms with Crippen molar-refractivity contribution in [3.63, 3.8) is 0 Å². The van der Waals surface area contributed by atoms with E-state index >= 15 is 0 Å². The highest BCUT2D eigenvalue weighted by Crippen LogP contribution is 2.31. The van der Waals surface area contributed by atoms with Crippen molar-refractivity contribution in [2.45, 2.75) is 23.5 Å². The topological polar surface area (TPSA) is 145 Å². The molecule has 4 aromatic rings. The number of allylic oxidation sites excluding steroid dienone is 1. The number of sulfonamides is 1. The van der Waals surface area contributed by atoms with Crippen molar-refractivity contribution in [1.29, 1.82) is 0 Å². The summed E-state index contributed by atoms with van der Waals surface area (Å²) in [5, 5.41) is 12.7. The molecule has 1 aliphatic heterocycles. The van der Waals surface area contributed by atoms with Gasteiger partial charge >= 0.3 is 0 Å². The third-order valence-electron chi connectivity index (χ3n) is 7.11. The Bertz CT molecular complexity index is 1790. The van der Waals surface area contributed by atoms with E-state index in [0.29, 0.717) is 28.0 Å². The molecule has 0 saturated heterocycles. The number of aliphatic hydroxyl groups excluding tert-OH is 1. The summed E-state index contributed by atoms with van der Waals surface area (Å²) in [6.45, 7) is -0.782. The molecule has 0 saturated carbocycles. The number of fused-ring (bicyclic) bond motifs is 1. The molecule has 0 spiro atoms. The predicted molar refractivity (Wildman–Crippen MR) is 163 cm³/mol. The van der Waals surface area contributed by atoms with Crippen LogP contribution in [0.2, 0.25) is 0 Å². The summed E-state index contributed by atoms with van der Waals surface area (Å²) < 4.78 is 50.3. The number of amides is 1. The summed E-state index contributed by atoms with van der Waals surface area (Å²) in [5.41, 5.74) is 1.08. The Labute approximate surface area is 254 Å². The second kappa shape index (κ2) is 13.9. The number of carbonyl (C=O) groups is 1. The number of anilines is 1. The zero-order valence-corrected chi connectivity index (χ0v) is 24.7. The van der Waals surface area contributed by atoms with E-state index in [9.17, 15) is 23.1 Å². The minimum atomic E-state index is -3.96. The quantitative estimate of drug-likeness (QED) is 0.241. The van der Waals surface area contributed by atoms with Crippen LogP contribution in [0, 0.1) is 0 Å². The second-order valence-electron chi connectivity index (χ2n) is 9.93. The van der Waals surface area contributed by atoms with Gasteiger partial charge < -0.3 is 29.1 Å². The van der Waals surface area contributed by atoms with Crippen LogP contribution >= 0.6 is 0 Å². The molecule has 3 aromatic carbocycles. The van der Waals surface area contributed by atoms with E-state index < -0.39 is 34.7 Å². The number of hydrogen-bond acceptors (Lipinski definition) is 9. The molecule has 44 heavy (non-hydrogen) atoms. The summed E-state index contributed by atoms with van der Waals surface area (Å²) in [4.78, 5) is 26.6. The summed E-state index contributed by atoms with van der Waals surface area (Å²) in [6, 6.07) is 21.6. The number of aliphatic hydroxyl groups is 1. The van der Waals surface area contributed by atoms with Crippen LogP contribution in [0.5, 0.6) is 5.75 Å². The van der Waals surface area contributed by atoms with Gasteiger partial charge in [-0.1, -0.05) is 30.3 Å². The molecule has 0 fully saturated rings. The highest BCUT2D eigenvalue weighted by atomic mass is 32.2. The Morgan fingerprint density at radius 3 is 2.48 bits per heavy atom. The van der Waals surface area contributed by atoms with Gasteiger partial charge in [-0.15, -0.1) is 0 Å². The Morgan fingerprint density at radius 1 is 1.02 bits per heavy atom. The molecular weight excluding hydrogens is 588 g/mol. The van der Waals surface area contributed by atoms with Crippen LogP contribution in [0.25, 0.3) is 11.0 Å². The molecule has 1 amide bonds. The lowest BCUT2D eigenvalue weighted by atomic mass is 9.93. The predicted octanol–water partition coefficient (Wildman–Crippen LogP) is 3.85. The van der Waals surface area contributed by atoms with Gasteiger partial charge in [0.25, 0.3) is 5.91 Å². The maximum absolute atomic E-state index is 13.4. The van der Waals surface area contributed by atoms with Crippen molar-refractivity contribution < 1.29 is 36.9 Å². The smallest absolute Gasteiger partial charge is 0.290 e. The molecule has 0 aliphatic carbocycles. The first-order valence-corrected chi connectivity index (χ1v) is 15.4. The minimum Gasteiger partial charge on any atom is -0.497 e. The summed E-state index contributed by atoms with van der Waals surface area (Å²) in [7, 11) is -2.48. The van der Waals surface area contributed by atoms with Gasteiger partial charge in [0.2, 0.25) is 16.3 Å². The number of hydrogen-bond donors (Lipinski definition) is 2. The Morgan fingerprint density at radius 2 is 1.75 bits per heavy atom. The van der Waals surface area contributed by atoms with Crippen molar-refractivity contribution in [1.82, 2.24) is 4.31 Å². The number of nitrogens with one attached hydrogen (secondary N) is 1. The molecule has 5 rings (SSSR count). The van der Waals surface area contributed by atoms with Gasteiger partial charge in [-0.25, -0.2) is 8.42 Å². The molecule has 0 unspecified atom stereocenters. The number of ether oxygens (including phenoxy) is 3. The standard InChI is InChI=1S/C32H32N2O9S/c1-40-24-11-13-25(14-12-24)44(38,39)34(15-17-35)16-18-41-30-20-22(27-21-42-28-10-6-5-9-26(28)31(27)36)19-29(43-30)32(37)33-23-7-3-2-4-8-23/h2-14,19,21-22,30,35H,15-18,20H2,1H3,(H,33,37)/t22-,30+/m1/s1. The van der Waals surface area contributed by atoms with Gasteiger partial charge in [-0.3, -0.25) is 9.59 Å². The van der Waals surface area contributed by atoms with Crippen molar-refractivity contribution in [3.05, 3.63) is 113 Å². The number of nitrogens with zero attached hydrogens (tertiary/aromatic N) is 1. The minimum absolute atomic E-state index is 0.0339. The number of benzene rings is 3. The molecule has 230 valence electrons. The fourth-order valence-corrected chi connectivity index (χ4v) is 6.26. The Hall–Kier alpha value is -4.49. The molecule has 0 bridgehead atoms. The summed E-state index contributed by atoms with van der Waals surface area (Å²) in [5.74, 6) is -0.683. The largest absolute Gasteiger partial charge is 0.497 e. The third-order valence-corrected chi connectivity index (χ3v) is 9.02. The van der Waals surface area contributed by atoms with E-state index in [0.717, 1.165) is 4.31 Å². The molecule has 12 heteroatoms. The van der Waals surface area contributed by atoms with E-state index in [1.54, 1.807) is 54.6 Å². The van der Waals surface area contributed by atoms with Gasteiger partial charge in [0.05, 0.1) is 36.9 Å². The summed E-state index contributed by atoms with van der Waals surface area (Å²) >= 11 is 0. The van der Waals surface area contributed by atoms with Gasteiger partial charge in [0.15, 0.2) is 11.2 Å². The van der Waals surface area contributed by atoms with Crippen molar-refractivity contribution in [2.24, 2.45) is 0 Å². The first-order valence-electron chi connectivity index (χ1n) is 13.9. The fourth-order valence-electron chi connectivity index (χ4n) is 4.84. The van der Waals surface area contributed by atoms with Crippen LogP contribution in [-0.4, -0.2) is 63.4 Å². The van der Waals surface area contributed by atoms with Crippen LogP contribution < -0.4 is 15.5 Å². The first kappa shape index (κ1) is 31.0. The molecular formula is C32H32N2O9S. The van der Waals surface area contributed by atoms with E-state index in [1.165, 1.54) is 37.6 Å². The lowest BCUT2D eigenvalue weighted by molar-refractivity contribution is -0.143. The summed E-state index contributed by atoms with van der Waals surface area (Å²) in [6.07, 6.45) is 2.11. The van der Waals surface area contributed by atoms with Crippen LogP contribution in [0.4, 0.5) is 5.69 Å². The third kappa shape index (κ3) is 7.00. The number of para-hydroxylation sites is 2. The lowest BCUT2D eigenvalue weighted by Gasteiger charge is -2.30. The van der Waals surface area contributed by atoms with Crippen molar-refractivity contribution >= 4 is 32.6 Å². The molecule has 1 aliphatic rings. The van der Waals surface area contributed by atoms with Crippen molar-refractivity contribution in [3.8, 4) is 5.75 Å². The molecule has 2 heterocycles. The zero-order valence-electron chi connectivity index (χ0n) is 23.9. The first-order chi connectivity index (χ1) is 21.3. The monoisotopic (exact) mass is 620 g/mol. The van der Waals surface area contributed by atoms with Crippen LogP contribution in [-0.2, 0) is 24.3 Å². The Balaban J connectivity index is 1.35. The number of carbonyl (C=O) groups excluding carboxylic acids is 1. The normalized spacial score (nSPS) is 16.8. The fraction of sp³-hybridized carbons (Fsp3) is 0.250. The SMILES string of the molecule is COc1ccc(S(=O)(=O)N(CCO)CCO[C@@H]2C[C@H](c3coc4ccccc4c3=O)C=C(C(=O)Nc3ccccc3)O2)cc1. The van der Waals surface area contributed by atoms with Crippen LogP contribution in [0.3, 0.4) is 0 Å². The molecule has 0 radical (unpaired) electrons. The molecule has 11 nitrogen and oxygen atoms in total. The van der Waals surface area contributed by atoms with E-state index in [4.69, 9.17) is 18.6 Å². The second-order valence-corrected chi connectivity index (χ2v) is 11.9. The average molecular weight is 621 g/mol. The van der Waals surface area contributed by atoms with Crippen LogP contribution in [0.1, 0.15) is 17.9 Å². The highest BCUT2D eigenvalue weighted by Gasteiger charge is 2.32. The number of rotatable bonds is 12. The molecule has 1 aromatic heterocycles. The van der Waals surface area contributed by atoms with Gasteiger partial charge in [0, 0.05) is 36.7 Å². The zero-order chi connectivity index (χ0) is 31.1. The van der Waals surface area contributed by atoms with Gasteiger partial charge in [0.1, 0.15) is 11.3 Å². The van der Waals surface area contributed by atoms with Gasteiger partial charge in [-0.05, 0) is 54.6 Å². The van der Waals surface area contributed by atoms with Crippen molar-refractivity contribution in [2.75, 3.05) is 38.7 Å². The average Bonchev–Trinajstić information content (AvgIpc) is 3.05. The van der Waals surface area contributed by atoms with E-state index in [2.05, 4.69) is 5.32 Å².